The monoisotopic (exact) mass is 466 g/mol. The highest BCUT2D eigenvalue weighted by Gasteiger charge is 2.62. The lowest BCUT2D eigenvalue weighted by Crippen LogP contribution is -2.63. The zero-order chi connectivity index (χ0) is 24.0. The van der Waals surface area contributed by atoms with Gasteiger partial charge in [0.05, 0.1) is 19.3 Å². The molecule has 5 nitrogen and oxygen atoms in total. The number of rotatable bonds is 5. The molecule has 0 spiro atoms. The first-order chi connectivity index (χ1) is 16.3. The largest absolute Gasteiger partial charge is 0.492 e. The van der Waals surface area contributed by atoms with Crippen LogP contribution in [0.5, 0.6) is 5.75 Å². The molecule has 1 aromatic heterocycles. The lowest BCUT2D eigenvalue weighted by molar-refractivity contribution is -0.322. The molecule has 5 heteroatoms. The summed E-state index contributed by atoms with van der Waals surface area (Å²) >= 11 is 0. The van der Waals surface area contributed by atoms with Crippen LogP contribution >= 0.6 is 0 Å². The Balaban J connectivity index is 1.32. The van der Waals surface area contributed by atoms with Gasteiger partial charge in [0.15, 0.2) is 6.29 Å². The van der Waals surface area contributed by atoms with Crippen molar-refractivity contribution in [3.63, 3.8) is 0 Å². The molecule has 0 N–H and O–H groups in total. The van der Waals surface area contributed by atoms with E-state index < -0.39 is 0 Å². The second kappa shape index (κ2) is 9.10. The first kappa shape index (κ1) is 24.1. The molecule has 1 aliphatic heterocycles. The third-order valence-electron chi connectivity index (χ3n) is 10.3. The van der Waals surface area contributed by atoms with Crippen molar-refractivity contribution in [1.82, 2.24) is 4.98 Å². The van der Waals surface area contributed by atoms with Crippen molar-refractivity contribution in [2.75, 3.05) is 13.2 Å². The highest BCUT2D eigenvalue weighted by molar-refractivity contribution is 5.40. The van der Waals surface area contributed by atoms with E-state index >= 15 is 0 Å². The van der Waals surface area contributed by atoms with E-state index in [1.807, 2.05) is 0 Å². The predicted molar refractivity (Wildman–Crippen MR) is 131 cm³/mol. The van der Waals surface area contributed by atoms with Crippen molar-refractivity contribution in [3.05, 3.63) is 24.0 Å². The van der Waals surface area contributed by atoms with Gasteiger partial charge in [-0.2, -0.15) is 5.26 Å². The summed E-state index contributed by atoms with van der Waals surface area (Å²) in [4.78, 5) is 4.05. The molecule has 2 heterocycles. The number of fused-ring (bicyclic) bond motifs is 3. The smallest absolute Gasteiger partial charge is 0.160 e. The molecule has 0 radical (unpaired) electrons. The fraction of sp³-hybridized carbons (Fsp3) is 0.793. The van der Waals surface area contributed by atoms with Crippen molar-refractivity contribution in [2.24, 2.45) is 34.0 Å². The summed E-state index contributed by atoms with van der Waals surface area (Å²) in [5.74, 6) is 2.39. The number of hydrogen-bond acceptors (Lipinski definition) is 5. The average Bonchev–Trinajstić information content (AvgIpc) is 3.35. The van der Waals surface area contributed by atoms with Gasteiger partial charge in [-0.3, -0.25) is 4.98 Å². The van der Waals surface area contributed by atoms with E-state index in [-0.39, 0.29) is 22.5 Å². The molecule has 34 heavy (non-hydrogen) atoms. The van der Waals surface area contributed by atoms with E-state index in [0.717, 1.165) is 19.4 Å². The summed E-state index contributed by atoms with van der Waals surface area (Å²) in [6, 6.07) is 4.00. The Morgan fingerprint density at radius 3 is 2.65 bits per heavy atom. The quantitative estimate of drug-likeness (QED) is 0.495. The molecule has 4 aliphatic rings. The highest BCUT2D eigenvalue weighted by atomic mass is 16.7. The summed E-state index contributed by atoms with van der Waals surface area (Å²) in [5, 5.41) is 9.38. The van der Waals surface area contributed by atoms with Crippen molar-refractivity contribution < 1.29 is 14.2 Å². The number of nitrogens with zero attached hydrogens (tertiary/aromatic N) is 2. The van der Waals surface area contributed by atoms with Gasteiger partial charge in [-0.25, -0.2) is 0 Å². The standard InChI is InChI=1S/C29H42N2O3/c1-27(2)13-9-24-28(3,23(27)12-16-32-22-11-15-31-18-21(22)17-30)14-10-25-29(24,4)19-33-26(34-25)20-7-5-6-8-20/h11,15,18,20,23-26H,5-10,12-14,16,19H2,1-4H3/t23-,24?,25-,26-,28+,29+/m1/s1. The summed E-state index contributed by atoms with van der Waals surface area (Å²) in [6.07, 6.45) is 14.6. The number of aromatic nitrogens is 1. The van der Waals surface area contributed by atoms with Crippen LogP contribution in [0.3, 0.4) is 0 Å². The van der Waals surface area contributed by atoms with Gasteiger partial charge in [0.2, 0.25) is 0 Å². The molecule has 186 valence electrons. The number of nitriles is 1. The normalized spacial score (nSPS) is 39.6. The first-order valence-corrected chi connectivity index (χ1v) is 13.5. The molecule has 0 aromatic carbocycles. The van der Waals surface area contributed by atoms with Gasteiger partial charge < -0.3 is 14.2 Å². The van der Waals surface area contributed by atoms with Crippen LogP contribution in [0, 0.1) is 45.3 Å². The van der Waals surface area contributed by atoms with Crippen LogP contribution in [-0.4, -0.2) is 30.6 Å². The second-order valence-electron chi connectivity index (χ2n) is 12.7. The van der Waals surface area contributed by atoms with Crippen LogP contribution in [0.25, 0.3) is 0 Å². The van der Waals surface area contributed by atoms with Crippen LogP contribution in [0.4, 0.5) is 0 Å². The van der Waals surface area contributed by atoms with Crippen molar-refractivity contribution in [1.29, 1.82) is 5.26 Å². The van der Waals surface area contributed by atoms with E-state index in [2.05, 4.69) is 38.7 Å². The van der Waals surface area contributed by atoms with Crippen molar-refractivity contribution in [3.8, 4) is 11.8 Å². The maximum absolute atomic E-state index is 9.38. The van der Waals surface area contributed by atoms with Crippen LogP contribution < -0.4 is 4.74 Å². The molecule has 1 saturated heterocycles. The Bertz CT molecular complexity index is 920. The Hall–Kier alpha value is -1.64. The Morgan fingerprint density at radius 1 is 1.09 bits per heavy atom. The summed E-state index contributed by atoms with van der Waals surface area (Å²) < 4.78 is 19.4. The lowest BCUT2D eigenvalue weighted by Gasteiger charge is -2.65. The minimum absolute atomic E-state index is 0.0175. The Labute approximate surface area is 205 Å². The molecule has 6 atom stereocenters. The zero-order valence-corrected chi connectivity index (χ0v) is 21.5. The van der Waals surface area contributed by atoms with Gasteiger partial charge in [0, 0.05) is 23.7 Å². The van der Waals surface area contributed by atoms with Gasteiger partial charge in [0.1, 0.15) is 17.4 Å². The number of ether oxygens (including phenoxy) is 3. The predicted octanol–water partition coefficient (Wildman–Crippen LogP) is 6.51. The fourth-order valence-corrected chi connectivity index (χ4v) is 8.54. The minimum Gasteiger partial charge on any atom is -0.492 e. The summed E-state index contributed by atoms with van der Waals surface area (Å²) in [6.45, 7) is 11.4. The van der Waals surface area contributed by atoms with Crippen LogP contribution in [0.15, 0.2) is 18.5 Å². The van der Waals surface area contributed by atoms with E-state index in [0.29, 0.717) is 41.8 Å². The van der Waals surface area contributed by atoms with Crippen LogP contribution in [-0.2, 0) is 9.47 Å². The van der Waals surface area contributed by atoms with Crippen molar-refractivity contribution >= 4 is 0 Å². The maximum atomic E-state index is 9.38. The number of hydrogen-bond donors (Lipinski definition) is 0. The fourth-order valence-electron chi connectivity index (χ4n) is 8.54. The zero-order valence-electron chi connectivity index (χ0n) is 21.5. The molecule has 1 unspecified atom stereocenters. The molecule has 0 bridgehead atoms. The van der Waals surface area contributed by atoms with E-state index in [4.69, 9.17) is 14.2 Å². The Morgan fingerprint density at radius 2 is 1.88 bits per heavy atom. The van der Waals surface area contributed by atoms with Crippen LogP contribution in [0.1, 0.15) is 91.0 Å². The molecule has 0 amide bonds. The highest BCUT2D eigenvalue weighted by Crippen LogP contribution is 2.66. The van der Waals surface area contributed by atoms with Gasteiger partial charge in [-0.1, -0.05) is 40.5 Å². The SMILES string of the molecule is CC1(C)CCC2[C@]3(C)CO[C@@H](C4CCCC4)O[C@@H]3CC[C@@]2(C)[C@@H]1CCOc1ccncc1C#N. The topological polar surface area (TPSA) is 64.4 Å². The number of pyridine rings is 1. The van der Waals surface area contributed by atoms with E-state index in [1.165, 1.54) is 44.9 Å². The first-order valence-electron chi connectivity index (χ1n) is 13.5. The van der Waals surface area contributed by atoms with Crippen molar-refractivity contribution in [2.45, 2.75) is 97.9 Å². The molecule has 3 aliphatic carbocycles. The average molecular weight is 467 g/mol. The maximum Gasteiger partial charge on any atom is 0.160 e. The van der Waals surface area contributed by atoms with Crippen LogP contribution in [0.2, 0.25) is 0 Å². The molecule has 5 rings (SSSR count). The molecular formula is C29H42N2O3. The van der Waals surface area contributed by atoms with E-state index in [1.54, 1.807) is 18.5 Å². The third kappa shape index (κ3) is 4.05. The van der Waals surface area contributed by atoms with Gasteiger partial charge >= 0.3 is 0 Å². The molecule has 4 fully saturated rings. The lowest BCUT2D eigenvalue weighted by atomic mass is 9.42. The van der Waals surface area contributed by atoms with E-state index in [9.17, 15) is 5.26 Å². The van der Waals surface area contributed by atoms with Gasteiger partial charge in [-0.15, -0.1) is 0 Å². The second-order valence-corrected chi connectivity index (χ2v) is 12.7. The summed E-state index contributed by atoms with van der Waals surface area (Å²) in [5.41, 5.74) is 1.09. The summed E-state index contributed by atoms with van der Waals surface area (Å²) in [7, 11) is 0. The molecule has 1 aromatic rings. The van der Waals surface area contributed by atoms with Gasteiger partial charge in [-0.05, 0) is 73.7 Å². The third-order valence-corrected chi connectivity index (χ3v) is 10.3. The molecular weight excluding hydrogens is 424 g/mol. The molecule has 3 saturated carbocycles. The Kier molecular flexibility index (Phi) is 6.44. The minimum atomic E-state index is 0.0175. The van der Waals surface area contributed by atoms with Gasteiger partial charge in [0.25, 0.3) is 0 Å².